The highest BCUT2D eigenvalue weighted by molar-refractivity contribution is 8.18. The number of carbonyl (C=O) groups is 1. The van der Waals surface area contributed by atoms with E-state index in [1.165, 1.54) is 11.8 Å². The molecule has 1 aliphatic rings. The van der Waals surface area contributed by atoms with Gasteiger partial charge in [-0.05, 0) is 23.4 Å². The van der Waals surface area contributed by atoms with E-state index in [1.807, 2.05) is 30.3 Å². The third kappa shape index (κ3) is 2.84. The minimum Gasteiger partial charge on any atom is -0.378 e. The number of hydrogen-bond acceptors (Lipinski definition) is 3. The van der Waals surface area contributed by atoms with Crippen molar-refractivity contribution in [3.8, 4) is 0 Å². The van der Waals surface area contributed by atoms with Crippen LogP contribution in [0.25, 0.3) is 6.08 Å². The first-order valence-electron chi connectivity index (χ1n) is 4.09. The summed E-state index contributed by atoms with van der Waals surface area (Å²) in [5.41, 5.74) is 6.40. The van der Waals surface area contributed by atoms with Crippen molar-refractivity contribution < 1.29 is 4.79 Å². The van der Waals surface area contributed by atoms with Crippen molar-refractivity contribution in [2.75, 3.05) is 0 Å². The molecular weight excluding hydrogens is 232 g/mol. The highest BCUT2D eigenvalue weighted by Gasteiger charge is 2.18. The zero-order valence-corrected chi connectivity index (χ0v) is 9.35. The molecule has 15 heavy (non-hydrogen) atoms. The van der Waals surface area contributed by atoms with E-state index in [2.05, 4.69) is 4.99 Å². The van der Waals surface area contributed by atoms with Crippen molar-refractivity contribution in [2.24, 2.45) is 10.7 Å². The van der Waals surface area contributed by atoms with Crippen LogP contribution < -0.4 is 5.73 Å². The molecule has 0 fully saturated rings. The Morgan fingerprint density at radius 3 is 2.47 bits per heavy atom. The first-order chi connectivity index (χ1) is 6.75. The van der Waals surface area contributed by atoms with Crippen LogP contribution in [0.4, 0.5) is 0 Å². The van der Waals surface area contributed by atoms with E-state index in [-0.39, 0.29) is 18.3 Å². The van der Waals surface area contributed by atoms with E-state index in [0.29, 0.717) is 10.1 Å². The summed E-state index contributed by atoms with van der Waals surface area (Å²) in [5, 5.41) is 0.317. The molecule has 2 N–H and O–H groups in total. The topological polar surface area (TPSA) is 55.4 Å². The van der Waals surface area contributed by atoms with Gasteiger partial charge in [0.05, 0.1) is 4.91 Å². The van der Waals surface area contributed by atoms with Gasteiger partial charge in [-0.15, -0.1) is 12.4 Å². The fraction of sp³-hybridized carbons (Fsp3) is 0. The minimum atomic E-state index is -0.253. The summed E-state index contributed by atoms with van der Waals surface area (Å²) in [7, 11) is 0. The third-order valence-corrected chi connectivity index (χ3v) is 2.55. The Bertz CT molecular complexity index is 428. The maximum atomic E-state index is 11.2. The SMILES string of the molecule is Cl.NC1=NC(=O)/C(=C/c2ccccc2)S1. The van der Waals surface area contributed by atoms with Crippen LogP contribution in [0.1, 0.15) is 5.56 Å². The summed E-state index contributed by atoms with van der Waals surface area (Å²) in [6.45, 7) is 0. The number of carbonyl (C=O) groups excluding carboxylic acids is 1. The molecule has 0 saturated heterocycles. The largest absolute Gasteiger partial charge is 0.378 e. The molecule has 0 aromatic heterocycles. The Morgan fingerprint density at radius 1 is 1.27 bits per heavy atom. The van der Waals surface area contributed by atoms with Gasteiger partial charge < -0.3 is 5.73 Å². The van der Waals surface area contributed by atoms with Crippen molar-refractivity contribution in [3.63, 3.8) is 0 Å². The molecule has 0 radical (unpaired) electrons. The smallest absolute Gasteiger partial charge is 0.286 e. The molecule has 1 heterocycles. The first kappa shape index (κ1) is 11.8. The Balaban J connectivity index is 0.00000112. The van der Waals surface area contributed by atoms with Crippen molar-refractivity contribution in [3.05, 3.63) is 40.8 Å². The van der Waals surface area contributed by atoms with E-state index >= 15 is 0 Å². The molecule has 1 aromatic carbocycles. The summed E-state index contributed by atoms with van der Waals surface area (Å²) in [5.74, 6) is -0.253. The first-order valence-corrected chi connectivity index (χ1v) is 4.90. The van der Waals surface area contributed by atoms with Gasteiger partial charge in [0.15, 0.2) is 5.17 Å². The van der Waals surface area contributed by atoms with Crippen molar-refractivity contribution in [1.29, 1.82) is 0 Å². The lowest BCUT2D eigenvalue weighted by Crippen LogP contribution is -2.01. The van der Waals surface area contributed by atoms with Gasteiger partial charge in [0.25, 0.3) is 5.91 Å². The highest BCUT2D eigenvalue weighted by atomic mass is 35.5. The average Bonchev–Trinajstić information content (AvgIpc) is 2.47. The lowest BCUT2D eigenvalue weighted by Gasteiger charge is -1.93. The van der Waals surface area contributed by atoms with E-state index in [4.69, 9.17) is 5.73 Å². The molecule has 1 aliphatic heterocycles. The number of nitrogens with two attached hydrogens (primary N) is 1. The predicted octanol–water partition coefficient (Wildman–Crippen LogP) is 2.04. The summed E-state index contributed by atoms with van der Waals surface area (Å²) in [6, 6.07) is 9.61. The molecule has 0 spiro atoms. The standard InChI is InChI=1S/C10H8N2OS.ClH/c11-10-12-9(13)8(14-10)6-7-4-2-1-3-5-7;/h1-6H,(H2,11,12,13);1H/b8-6-;. The van der Waals surface area contributed by atoms with Crippen LogP contribution in [-0.2, 0) is 4.79 Å². The van der Waals surface area contributed by atoms with E-state index in [0.717, 1.165) is 5.56 Å². The van der Waals surface area contributed by atoms with Gasteiger partial charge in [-0.1, -0.05) is 30.3 Å². The third-order valence-electron chi connectivity index (χ3n) is 1.73. The number of halogens is 1. The van der Waals surface area contributed by atoms with Crippen LogP contribution in [0.2, 0.25) is 0 Å². The molecule has 0 saturated carbocycles. The maximum Gasteiger partial charge on any atom is 0.286 e. The number of thioether (sulfide) groups is 1. The molecule has 3 nitrogen and oxygen atoms in total. The molecular formula is C10H9ClN2OS. The van der Waals surface area contributed by atoms with Crippen LogP contribution in [0, 0.1) is 0 Å². The second-order valence-electron chi connectivity index (χ2n) is 2.78. The number of hydrogen-bond donors (Lipinski definition) is 1. The second-order valence-corrected chi connectivity index (χ2v) is 3.84. The maximum absolute atomic E-state index is 11.2. The van der Waals surface area contributed by atoms with Gasteiger partial charge in [-0.25, -0.2) is 0 Å². The molecule has 78 valence electrons. The number of rotatable bonds is 1. The van der Waals surface area contributed by atoms with Crippen LogP contribution in [-0.4, -0.2) is 11.1 Å². The van der Waals surface area contributed by atoms with Gasteiger partial charge in [-0.3, -0.25) is 4.79 Å². The van der Waals surface area contributed by atoms with Gasteiger partial charge in [0.1, 0.15) is 0 Å². The van der Waals surface area contributed by atoms with Crippen LogP contribution in [0.5, 0.6) is 0 Å². The number of aliphatic imine (C=N–C) groups is 1. The van der Waals surface area contributed by atoms with Gasteiger partial charge in [0.2, 0.25) is 0 Å². The zero-order valence-electron chi connectivity index (χ0n) is 7.71. The molecule has 1 amide bonds. The van der Waals surface area contributed by atoms with Gasteiger partial charge in [-0.2, -0.15) is 4.99 Å². The Morgan fingerprint density at radius 2 is 1.93 bits per heavy atom. The quantitative estimate of drug-likeness (QED) is 0.765. The molecule has 0 aliphatic carbocycles. The van der Waals surface area contributed by atoms with Crippen molar-refractivity contribution in [2.45, 2.75) is 0 Å². The normalized spacial score (nSPS) is 17.5. The summed E-state index contributed by atoms with van der Waals surface area (Å²) < 4.78 is 0. The van der Waals surface area contributed by atoms with Crippen LogP contribution in [0.3, 0.4) is 0 Å². The lowest BCUT2D eigenvalue weighted by atomic mass is 10.2. The fourth-order valence-corrected chi connectivity index (χ4v) is 1.81. The highest BCUT2D eigenvalue weighted by Crippen LogP contribution is 2.25. The van der Waals surface area contributed by atoms with Gasteiger partial charge in [0, 0.05) is 0 Å². The molecule has 0 bridgehead atoms. The number of nitrogens with zero attached hydrogens (tertiary/aromatic N) is 1. The van der Waals surface area contributed by atoms with E-state index < -0.39 is 0 Å². The molecule has 0 atom stereocenters. The molecule has 2 rings (SSSR count). The fourth-order valence-electron chi connectivity index (χ4n) is 1.13. The van der Waals surface area contributed by atoms with Crippen molar-refractivity contribution in [1.82, 2.24) is 0 Å². The van der Waals surface area contributed by atoms with Crippen LogP contribution >= 0.6 is 24.2 Å². The summed E-state index contributed by atoms with van der Waals surface area (Å²) in [4.78, 5) is 15.4. The second kappa shape index (κ2) is 5.00. The zero-order chi connectivity index (χ0) is 9.97. The Labute approximate surface area is 97.9 Å². The van der Waals surface area contributed by atoms with E-state index in [1.54, 1.807) is 6.08 Å². The molecule has 1 aromatic rings. The minimum absolute atomic E-state index is 0. The Hall–Kier alpha value is -1.26. The van der Waals surface area contributed by atoms with Crippen molar-refractivity contribution >= 4 is 41.3 Å². The monoisotopic (exact) mass is 240 g/mol. The van der Waals surface area contributed by atoms with E-state index in [9.17, 15) is 4.79 Å². The van der Waals surface area contributed by atoms with Gasteiger partial charge >= 0.3 is 0 Å². The number of amidine groups is 1. The molecule has 5 heteroatoms. The number of benzene rings is 1. The summed E-state index contributed by atoms with van der Waals surface area (Å²) in [6.07, 6.45) is 1.79. The lowest BCUT2D eigenvalue weighted by molar-refractivity contribution is -0.113. The number of amides is 1. The Kier molecular flexibility index (Phi) is 3.94. The predicted molar refractivity (Wildman–Crippen MR) is 65.9 cm³/mol. The molecule has 0 unspecified atom stereocenters. The summed E-state index contributed by atoms with van der Waals surface area (Å²) >= 11 is 1.21. The van der Waals surface area contributed by atoms with Crippen LogP contribution in [0.15, 0.2) is 40.2 Å². The average molecular weight is 241 g/mol.